The zero-order valence-corrected chi connectivity index (χ0v) is 25.3. The number of allylic oxidation sites excluding steroid dienone is 5. The molecule has 0 bridgehead atoms. The fourth-order valence-electron chi connectivity index (χ4n) is 4.51. The first-order valence-electron chi connectivity index (χ1n) is 13.2. The van der Waals surface area contributed by atoms with Crippen molar-refractivity contribution in [3.63, 3.8) is 0 Å². The quantitative estimate of drug-likeness (QED) is 0.219. The molecule has 1 N–H and O–H groups in total. The summed E-state index contributed by atoms with van der Waals surface area (Å²) in [6, 6.07) is 12.9. The smallest absolute Gasteiger partial charge is 0.436 e. The van der Waals surface area contributed by atoms with Gasteiger partial charge in [-0.3, -0.25) is 0 Å². The molecular weight excluding hydrogens is 575 g/mol. The van der Waals surface area contributed by atoms with Gasteiger partial charge in [0.15, 0.2) is 5.76 Å². The van der Waals surface area contributed by atoms with Crippen LogP contribution < -0.4 is 9.64 Å². The second-order valence-corrected chi connectivity index (χ2v) is 10.7. The van der Waals surface area contributed by atoms with Gasteiger partial charge in [-0.1, -0.05) is 24.3 Å². The number of nitriles is 2. The number of ether oxygens (including phenoxy) is 2. The van der Waals surface area contributed by atoms with Gasteiger partial charge in [0, 0.05) is 46.2 Å². The molecule has 1 aliphatic rings. The van der Waals surface area contributed by atoms with Gasteiger partial charge in [-0.25, -0.2) is 0 Å². The Balaban J connectivity index is 2.02. The number of hydrogen-bond acceptors (Lipinski definition) is 7. The molecule has 1 aromatic heterocycles. The maximum atomic E-state index is 14.9. The van der Waals surface area contributed by atoms with Gasteiger partial charge in [-0.2, -0.15) is 23.7 Å². The molecule has 6 nitrogen and oxygen atoms in total. The largest absolute Gasteiger partial charge is 0.496 e. The van der Waals surface area contributed by atoms with E-state index in [-0.39, 0.29) is 34.7 Å². The lowest BCUT2D eigenvalue weighted by molar-refractivity contribution is -0.228. The number of thiophene rings is 1. The lowest BCUT2D eigenvalue weighted by Gasteiger charge is -2.34. The third-order valence-electron chi connectivity index (χ3n) is 6.83. The van der Waals surface area contributed by atoms with Gasteiger partial charge in [-0.05, 0) is 68.8 Å². The van der Waals surface area contributed by atoms with Crippen molar-refractivity contribution >= 4 is 35.3 Å². The molecule has 0 spiro atoms. The van der Waals surface area contributed by atoms with Crippen LogP contribution in [0.1, 0.15) is 36.1 Å². The number of alkyl halides is 3. The zero-order valence-electron chi connectivity index (χ0n) is 24.5. The number of halogens is 3. The van der Waals surface area contributed by atoms with Crippen LogP contribution in [0.25, 0.3) is 18.2 Å². The number of likely N-dealkylation sites (N-methyl/N-ethyl adjacent to an activating group) is 1. The SMILES string of the molecule is C/C=C\C=C(/C)C1(C(F)(F)F)O/C(=C(/C)C#N)C(C#N)=C1/C=C/c1ccc(/C=C/c2ccc(N(C)CCO)cc2OC)s1. The van der Waals surface area contributed by atoms with E-state index in [1.54, 1.807) is 26.2 Å². The lowest BCUT2D eigenvalue weighted by atomic mass is 9.84. The molecule has 1 unspecified atom stereocenters. The van der Waals surface area contributed by atoms with Gasteiger partial charge >= 0.3 is 6.18 Å². The lowest BCUT2D eigenvalue weighted by Crippen LogP contribution is -2.47. The maximum absolute atomic E-state index is 14.9. The summed E-state index contributed by atoms with van der Waals surface area (Å²) >= 11 is 1.35. The maximum Gasteiger partial charge on any atom is 0.436 e. The first-order chi connectivity index (χ1) is 20.5. The van der Waals surface area contributed by atoms with Crippen LogP contribution in [-0.2, 0) is 4.74 Å². The Morgan fingerprint density at radius 1 is 1.12 bits per heavy atom. The Kier molecular flexibility index (Phi) is 10.8. The number of methoxy groups -OCH3 is 1. The molecule has 3 rings (SSSR count). The minimum atomic E-state index is -4.93. The number of rotatable bonds is 10. The van der Waals surface area contributed by atoms with Crippen LogP contribution in [0.5, 0.6) is 5.75 Å². The van der Waals surface area contributed by atoms with Crippen molar-refractivity contribution < 1.29 is 27.8 Å². The summed E-state index contributed by atoms with van der Waals surface area (Å²) in [5.41, 5.74) is -2.24. The Hall–Kier alpha value is -4.51. The molecule has 0 amide bonds. The number of nitrogens with zero attached hydrogens (tertiary/aromatic N) is 3. The van der Waals surface area contributed by atoms with Crippen LogP contribution in [0.15, 0.2) is 82.7 Å². The fourth-order valence-corrected chi connectivity index (χ4v) is 5.32. The van der Waals surface area contributed by atoms with Crippen molar-refractivity contribution in [2.24, 2.45) is 0 Å². The van der Waals surface area contributed by atoms with Gasteiger partial charge in [-0.15, -0.1) is 11.3 Å². The molecule has 0 radical (unpaired) electrons. The summed E-state index contributed by atoms with van der Waals surface area (Å²) in [5, 5.41) is 28.5. The molecule has 10 heteroatoms. The van der Waals surface area contributed by atoms with Crippen LogP contribution >= 0.6 is 11.3 Å². The van der Waals surface area contributed by atoms with E-state index in [9.17, 15) is 28.8 Å². The van der Waals surface area contributed by atoms with E-state index in [2.05, 4.69) is 0 Å². The number of hydrogen-bond donors (Lipinski definition) is 1. The number of aliphatic hydroxyl groups is 1. The molecule has 2 heterocycles. The summed E-state index contributed by atoms with van der Waals surface area (Å²) in [6.07, 6.45) is 5.92. The van der Waals surface area contributed by atoms with E-state index in [1.165, 1.54) is 49.5 Å². The summed E-state index contributed by atoms with van der Waals surface area (Å²) < 4.78 is 55.6. The highest BCUT2D eigenvalue weighted by Crippen LogP contribution is 2.53. The second kappa shape index (κ2) is 14.1. The van der Waals surface area contributed by atoms with Gasteiger partial charge in [0.2, 0.25) is 0 Å². The van der Waals surface area contributed by atoms with E-state index < -0.39 is 11.8 Å². The van der Waals surface area contributed by atoms with Crippen molar-refractivity contribution in [1.29, 1.82) is 10.5 Å². The zero-order chi connectivity index (χ0) is 31.8. The molecule has 43 heavy (non-hydrogen) atoms. The minimum Gasteiger partial charge on any atom is -0.496 e. The Bertz CT molecular complexity index is 1610. The third kappa shape index (κ3) is 6.94. The van der Waals surface area contributed by atoms with Crippen molar-refractivity contribution in [3.8, 4) is 17.9 Å². The summed E-state index contributed by atoms with van der Waals surface area (Å²) in [4.78, 5) is 3.40. The molecule has 1 atom stereocenters. The fraction of sp³-hybridized carbons (Fsp3) is 0.273. The summed E-state index contributed by atoms with van der Waals surface area (Å²) in [6.45, 7) is 4.79. The van der Waals surface area contributed by atoms with Crippen molar-refractivity contribution in [1.82, 2.24) is 0 Å². The summed E-state index contributed by atoms with van der Waals surface area (Å²) in [7, 11) is 3.44. The number of aliphatic hydroxyl groups excluding tert-OH is 1. The van der Waals surface area contributed by atoms with Gasteiger partial charge in [0.05, 0.1) is 25.4 Å². The predicted octanol–water partition coefficient (Wildman–Crippen LogP) is 7.84. The van der Waals surface area contributed by atoms with Crippen molar-refractivity contribution in [2.45, 2.75) is 32.5 Å². The second-order valence-electron chi connectivity index (χ2n) is 9.60. The molecule has 0 aliphatic carbocycles. The molecule has 0 fully saturated rings. The first kappa shape index (κ1) is 33.0. The van der Waals surface area contributed by atoms with E-state index in [4.69, 9.17) is 9.47 Å². The van der Waals surface area contributed by atoms with E-state index in [1.807, 2.05) is 60.5 Å². The number of anilines is 1. The van der Waals surface area contributed by atoms with E-state index in [0.29, 0.717) is 17.2 Å². The standard InChI is InChI=1S/C33H32F3N3O3S/c1-6-7-8-23(3)32(33(34,35)36)29(28(21-38)31(42-32)22(2)20-37)16-15-27-14-13-26(43-27)12-10-24-9-11-25(19-30(24)41-5)39(4)17-18-40/h6-16,19,40H,17-18H2,1-5H3/b7-6-,12-10+,16-15+,23-8+,31-22-. The minimum absolute atomic E-state index is 0.0266. The summed E-state index contributed by atoms with van der Waals surface area (Å²) in [5.74, 6) is 0.265. The highest BCUT2D eigenvalue weighted by atomic mass is 32.1. The van der Waals surface area contributed by atoms with Crippen LogP contribution in [0.3, 0.4) is 0 Å². The van der Waals surface area contributed by atoms with Crippen LogP contribution in [0.2, 0.25) is 0 Å². The number of benzene rings is 1. The molecule has 2 aromatic rings. The average molecular weight is 608 g/mol. The van der Waals surface area contributed by atoms with Crippen molar-refractivity contribution in [3.05, 3.63) is 98.0 Å². The van der Waals surface area contributed by atoms with E-state index in [0.717, 1.165) is 16.1 Å². The highest BCUT2D eigenvalue weighted by Gasteiger charge is 2.64. The third-order valence-corrected chi connectivity index (χ3v) is 7.84. The topological polar surface area (TPSA) is 89.5 Å². The Morgan fingerprint density at radius 3 is 2.35 bits per heavy atom. The van der Waals surface area contributed by atoms with E-state index >= 15 is 0 Å². The Morgan fingerprint density at radius 2 is 1.79 bits per heavy atom. The first-order valence-corrected chi connectivity index (χ1v) is 14.1. The predicted molar refractivity (Wildman–Crippen MR) is 165 cm³/mol. The van der Waals surface area contributed by atoms with Crippen LogP contribution in [0.4, 0.5) is 18.9 Å². The van der Waals surface area contributed by atoms with Gasteiger partial charge in [0.25, 0.3) is 5.60 Å². The normalized spacial score (nSPS) is 18.8. The molecule has 224 valence electrons. The highest BCUT2D eigenvalue weighted by molar-refractivity contribution is 7.13. The van der Waals surface area contributed by atoms with Crippen molar-refractivity contribution in [2.75, 3.05) is 32.2 Å². The molecule has 1 aliphatic heterocycles. The molecule has 1 aromatic carbocycles. The van der Waals surface area contributed by atoms with Gasteiger partial charge < -0.3 is 19.5 Å². The average Bonchev–Trinajstić information content (AvgIpc) is 3.59. The van der Waals surface area contributed by atoms with Crippen LogP contribution in [0, 0.1) is 22.7 Å². The van der Waals surface area contributed by atoms with Crippen LogP contribution in [-0.4, -0.2) is 44.2 Å². The Labute approximate surface area is 253 Å². The molecular formula is C33H32F3N3O3S. The monoisotopic (exact) mass is 607 g/mol. The van der Waals surface area contributed by atoms with Gasteiger partial charge in [0.1, 0.15) is 17.4 Å². The molecule has 0 saturated heterocycles. The molecule has 0 saturated carbocycles.